The molecule has 0 bridgehead atoms. The molecule has 1 heterocycles. The summed E-state index contributed by atoms with van der Waals surface area (Å²) in [4.78, 5) is 0. The minimum Gasteiger partial charge on any atom is -0.231 e. The standard InChI is InChI=1S/C10H7F2N2/c11-10(12)9-6-7-13-14(9)8-4-2-1-3-5-8/h1-5,7,10H. The molecule has 1 radical (unpaired) electrons. The van der Waals surface area contributed by atoms with Crippen molar-refractivity contribution >= 4 is 0 Å². The van der Waals surface area contributed by atoms with Gasteiger partial charge in [0.2, 0.25) is 0 Å². The molecule has 0 spiro atoms. The number of benzene rings is 1. The van der Waals surface area contributed by atoms with Gasteiger partial charge in [-0.2, -0.15) is 5.10 Å². The lowest BCUT2D eigenvalue weighted by Crippen LogP contribution is -2.01. The molecule has 0 atom stereocenters. The summed E-state index contributed by atoms with van der Waals surface area (Å²) >= 11 is 0. The van der Waals surface area contributed by atoms with Crippen LogP contribution in [0.5, 0.6) is 0 Å². The maximum absolute atomic E-state index is 12.5. The fraction of sp³-hybridized carbons (Fsp3) is 0.100. The normalized spacial score (nSPS) is 10.8. The zero-order valence-electron chi connectivity index (χ0n) is 7.19. The molecule has 0 aliphatic rings. The molecule has 2 nitrogen and oxygen atoms in total. The predicted molar refractivity (Wildman–Crippen MR) is 47.4 cm³/mol. The first-order valence-electron chi connectivity index (χ1n) is 4.08. The SMILES string of the molecule is FC(F)c1[c]cnn1-c1ccccc1. The number of alkyl halides is 2. The van der Waals surface area contributed by atoms with Gasteiger partial charge >= 0.3 is 0 Å². The monoisotopic (exact) mass is 193 g/mol. The predicted octanol–water partition coefficient (Wildman–Crippen LogP) is 2.61. The summed E-state index contributed by atoms with van der Waals surface area (Å²) in [7, 11) is 0. The van der Waals surface area contributed by atoms with E-state index in [9.17, 15) is 8.78 Å². The number of rotatable bonds is 2. The van der Waals surface area contributed by atoms with E-state index in [1.807, 2.05) is 6.07 Å². The van der Waals surface area contributed by atoms with Crippen molar-refractivity contribution in [3.05, 3.63) is 48.3 Å². The van der Waals surface area contributed by atoms with Crippen molar-refractivity contribution in [3.63, 3.8) is 0 Å². The second kappa shape index (κ2) is 3.57. The zero-order chi connectivity index (χ0) is 9.97. The van der Waals surface area contributed by atoms with Gasteiger partial charge in [-0.05, 0) is 12.1 Å². The minimum atomic E-state index is -2.56. The summed E-state index contributed by atoms with van der Waals surface area (Å²) < 4.78 is 26.1. The Bertz CT molecular complexity index is 409. The van der Waals surface area contributed by atoms with E-state index >= 15 is 0 Å². The molecule has 4 heteroatoms. The van der Waals surface area contributed by atoms with E-state index in [0.29, 0.717) is 5.69 Å². The summed E-state index contributed by atoms with van der Waals surface area (Å²) in [5, 5.41) is 3.79. The molecule has 14 heavy (non-hydrogen) atoms. The van der Waals surface area contributed by atoms with Gasteiger partial charge < -0.3 is 0 Å². The molecule has 0 N–H and O–H groups in total. The summed E-state index contributed by atoms with van der Waals surface area (Å²) in [5.41, 5.74) is 0.403. The van der Waals surface area contributed by atoms with E-state index in [-0.39, 0.29) is 5.69 Å². The van der Waals surface area contributed by atoms with Crippen molar-refractivity contribution in [1.29, 1.82) is 0 Å². The van der Waals surface area contributed by atoms with Crippen molar-refractivity contribution in [2.75, 3.05) is 0 Å². The molecular formula is C10H7F2N2. The molecule has 1 aromatic heterocycles. The van der Waals surface area contributed by atoms with Crippen LogP contribution in [0.15, 0.2) is 36.5 Å². The lowest BCUT2D eigenvalue weighted by atomic mass is 10.3. The number of para-hydroxylation sites is 1. The molecule has 2 aromatic rings. The number of halogens is 2. The third-order valence-corrected chi connectivity index (χ3v) is 1.82. The molecule has 1 aromatic carbocycles. The largest absolute Gasteiger partial charge is 0.281 e. The van der Waals surface area contributed by atoms with Crippen LogP contribution in [0.3, 0.4) is 0 Å². The Morgan fingerprint density at radius 2 is 1.93 bits per heavy atom. The van der Waals surface area contributed by atoms with Gasteiger partial charge in [0.15, 0.2) is 0 Å². The first kappa shape index (κ1) is 8.87. The highest BCUT2D eigenvalue weighted by Crippen LogP contribution is 2.20. The van der Waals surface area contributed by atoms with Crippen molar-refractivity contribution in [1.82, 2.24) is 9.78 Å². The number of nitrogens with zero attached hydrogens (tertiary/aromatic N) is 2. The molecule has 0 aliphatic heterocycles. The molecule has 0 fully saturated rings. The van der Waals surface area contributed by atoms with E-state index in [4.69, 9.17) is 0 Å². The van der Waals surface area contributed by atoms with Crippen LogP contribution in [0.25, 0.3) is 5.69 Å². The van der Waals surface area contributed by atoms with Gasteiger partial charge in [0.1, 0.15) is 5.69 Å². The maximum atomic E-state index is 12.5. The minimum absolute atomic E-state index is 0.212. The van der Waals surface area contributed by atoms with Gasteiger partial charge in [0.05, 0.1) is 11.9 Å². The van der Waals surface area contributed by atoms with Gasteiger partial charge in [0.25, 0.3) is 6.43 Å². The van der Waals surface area contributed by atoms with Gasteiger partial charge in [-0.3, -0.25) is 0 Å². The Labute approximate surface area is 79.8 Å². The van der Waals surface area contributed by atoms with Gasteiger partial charge in [0, 0.05) is 6.07 Å². The van der Waals surface area contributed by atoms with Crippen molar-refractivity contribution < 1.29 is 8.78 Å². The number of aromatic nitrogens is 2. The fourth-order valence-electron chi connectivity index (χ4n) is 1.21. The van der Waals surface area contributed by atoms with Crippen molar-refractivity contribution in [3.8, 4) is 5.69 Å². The molecular weight excluding hydrogens is 186 g/mol. The number of hydrogen-bond donors (Lipinski definition) is 0. The smallest absolute Gasteiger partial charge is 0.231 e. The fourth-order valence-corrected chi connectivity index (χ4v) is 1.21. The first-order valence-corrected chi connectivity index (χ1v) is 4.08. The second-order valence-electron chi connectivity index (χ2n) is 2.72. The van der Waals surface area contributed by atoms with Crippen molar-refractivity contribution in [2.45, 2.75) is 6.43 Å². The Morgan fingerprint density at radius 3 is 2.57 bits per heavy atom. The van der Waals surface area contributed by atoms with E-state index in [0.717, 1.165) is 0 Å². The molecule has 0 amide bonds. The van der Waals surface area contributed by atoms with Gasteiger partial charge in [-0.15, -0.1) is 0 Å². The van der Waals surface area contributed by atoms with Crippen LogP contribution >= 0.6 is 0 Å². The summed E-state index contributed by atoms with van der Waals surface area (Å²) in [6, 6.07) is 11.2. The molecule has 0 unspecified atom stereocenters. The third kappa shape index (κ3) is 1.51. The number of hydrogen-bond acceptors (Lipinski definition) is 1. The lowest BCUT2D eigenvalue weighted by molar-refractivity contribution is 0.142. The molecule has 71 valence electrons. The maximum Gasteiger partial charge on any atom is 0.281 e. The van der Waals surface area contributed by atoms with Crippen LogP contribution in [0, 0.1) is 6.07 Å². The van der Waals surface area contributed by atoms with E-state index < -0.39 is 6.43 Å². The van der Waals surface area contributed by atoms with E-state index in [2.05, 4.69) is 11.2 Å². The van der Waals surface area contributed by atoms with Crippen LogP contribution in [-0.4, -0.2) is 9.78 Å². The lowest BCUT2D eigenvalue weighted by Gasteiger charge is -2.05. The Kier molecular flexibility index (Phi) is 2.26. The molecule has 0 aliphatic carbocycles. The van der Waals surface area contributed by atoms with Crippen LogP contribution in [0.2, 0.25) is 0 Å². The highest BCUT2D eigenvalue weighted by atomic mass is 19.3. The Hall–Kier alpha value is -1.71. The summed E-state index contributed by atoms with van der Waals surface area (Å²) in [5.74, 6) is 0. The first-order chi connectivity index (χ1) is 6.79. The average Bonchev–Trinajstić information content (AvgIpc) is 2.67. The second-order valence-corrected chi connectivity index (χ2v) is 2.72. The molecule has 0 saturated heterocycles. The third-order valence-electron chi connectivity index (χ3n) is 1.82. The van der Waals surface area contributed by atoms with Crippen LogP contribution in [-0.2, 0) is 0 Å². The highest BCUT2D eigenvalue weighted by molar-refractivity contribution is 5.32. The van der Waals surface area contributed by atoms with E-state index in [1.54, 1.807) is 24.3 Å². The van der Waals surface area contributed by atoms with Crippen LogP contribution < -0.4 is 0 Å². The highest BCUT2D eigenvalue weighted by Gasteiger charge is 2.14. The van der Waals surface area contributed by atoms with E-state index in [1.165, 1.54) is 10.9 Å². The Morgan fingerprint density at radius 1 is 1.21 bits per heavy atom. The topological polar surface area (TPSA) is 17.8 Å². The van der Waals surface area contributed by atoms with Crippen LogP contribution in [0.4, 0.5) is 8.78 Å². The summed E-state index contributed by atoms with van der Waals surface area (Å²) in [6.07, 6.45) is -1.31. The van der Waals surface area contributed by atoms with Crippen LogP contribution in [0.1, 0.15) is 12.1 Å². The molecule has 0 saturated carbocycles. The molecule has 2 rings (SSSR count). The van der Waals surface area contributed by atoms with Crippen molar-refractivity contribution in [2.24, 2.45) is 0 Å². The quantitative estimate of drug-likeness (QED) is 0.716. The zero-order valence-corrected chi connectivity index (χ0v) is 7.19. The van der Waals surface area contributed by atoms with Gasteiger partial charge in [-0.1, -0.05) is 18.2 Å². The average molecular weight is 193 g/mol. The Balaban J connectivity index is 2.47. The summed E-state index contributed by atoms with van der Waals surface area (Å²) in [6.45, 7) is 0. The van der Waals surface area contributed by atoms with Gasteiger partial charge in [-0.25, -0.2) is 13.5 Å².